The molecule has 55 heavy (non-hydrogen) atoms. The number of cyclic esters (lactones) is 1. The SMILES string of the molecule is C=CCNC(=O)C1C2C(=O)OC(c3ccccc3)C(c3ccccc3)N2C(c2ccc(OCCO)cc2)C12C(=O)Nc1ccc(C#CC3=CCCCC3)cc12. The van der Waals surface area contributed by atoms with E-state index in [9.17, 15) is 14.7 Å². The number of rotatable bonds is 9. The van der Waals surface area contributed by atoms with E-state index in [4.69, 9.17) is 9.47 Å². The minimum atomic E-state index is -1.61. The maximum Gasteiger partial charge on any atom is 0.324 e. The number of amides is 2. The molecule has 2 amide bonds. The second-order valence-electron chi connectivity index (χ2n) is 14.4. The van der Waals surface area contributed by atoms with Gasteiger partial charge in [-0.05, 0) is 83.8 Å². The van der Waals surface area contributed by atoms with Crippen molar-refractivity contribution < 1.29 is 29.0 Å². The largest absolute Gasteiger partial charge is 0.491 e. The van der Waals surface area contributed by atoms with Gasteiger partial charge in [0.25, 0.3) is 0 Å². The molecule has 3 heterocycles. The van der Waals surface area contributed by atoms with Crippen LogP contribution in [0.25, 0.3) is 0 Å². The van der Waals surface area contributed by atoms with Gasteiger partial charge in [0.2, 0.25) is 11.8 Å². The molecule has 4 aromatic rings. The van der Waals surface area contributed by atoms with Crippen LogP contribution in [-0.2, 0) is 24.5 Å². The number of carbonyl (C=O) groups is 3. The number of allylic oxidation sites excluding steroid dienone is 2. The number of aliphatic hydroxyl groups excluding tert-OH is 1. The molecule has 2 saturated heterocycles. The van der Waals surface area contributed by atoms with Crippen molar-refractivity contribution in [1.29, 1.82) is 0 Å². The van der Waals surface area contributed by atoms with Gasteiger partial charge in [-0.25, -0.2) is 0 Å². The van der Waals surface area contributed by atoms with E-state index < -0.39 is 53.3 Å². The van der Waals surface area contributed by atoms with Gasteiger partial charge < -0.3 is 25.2 Å². The quantitative estimate of drug-likeness (QED) is 0.102. The highest BCUT2D eigenvalue weighted by molar-refractivity contribution is 6.12. The smallest absolute Gasteiger partial charge is 0.324 e. The predicted octanol–water partition coefficient (Wildman–Crippen LogP) is 6.48. The van der Waals surface area contributed by atoms with E-state index in [1.807, 2.05) is 91.0 Å². The molecule has 8 rings (SSSR count). The first kappa shape index (κ1) is 36.0. The van der Waals surface area contributed by atoms with Crippen LogP contribution < -0.4 is 15.4 Å². The van der Waals surface area contributed by atoms with Crippen molar-refractivity contribution in [2.45, 2.75) is 55.3 Å². The Labute approximate surface area is 321 Å². The summed E-state index contributed by atoms with van der Waals surface area (Å²) in [6, 6.07) is 29.8. The van der Waals surface area contributed by atoms with Gasteiger partial charge in [-0.3, -0.25) is 19.3 Å². The van der Waals surface area contributed by atoms with E-state index >= 15 is 4.79 Å². The van der Waals surface area contributed by atoms with E-state index in [0.717, 1.165) is 42.4 Å². The van der Waals surface area contributed by atoms with E-state index in [0.29, 0.717) is 28.1 Å². The van der Waals surface area contributed by atoms with Crippen LogP contribution in [0.2, 0.25) is 0 Å². The third-order valence-corrected chi connectivity index (χ3v) is 11.2. The molecule has 2 fully saturated rings. The molecule has 4 aromatic carbocycles. The van der Waals surface area contributed by atoms with Gasteiger partial charge in [0, 0.05) is 17.8 Å². The zero-order valence-corrected chi connectivity index (χ0v) is 30.4. The average molecular weight is 734 g/mol. The van der Waals surface area contributed by atoms with E-state index in [2.05, 4.69) is 40.0 Å². The second-order valence-corrected chi connectivity index (χ2v) is 14.4. The van der Waals surface area contributed by atoms with Gasteiger partial charge in [-0.1, -0.05) is 96.8 Å². The third kappa shape index (κ3) is 6.41. The molecule has 0 aromatic heterocycles. The lowest BCUT2D eigenvalue weighted by Gasteiger charge is -2.46. The van der Waals surface area contributed by atoms with Crippen molar-refractivity contribution >= 4 is 23.5 Å². The molecule has 6 unspecified atom stereocenters. The van der Waals surface area contributed by atoms with Gasteiger partial charge in [0.05, 0.1) is 24.6 Å². The summed E-state index contributed by atoms with van der Waals surface area (Å²) in [5.74, 6) is 4.57. The summed E-state index contributed by atoms with van der Waals surface area (Å²) in [5, 5.41) is 15.5. The lowest BCUT2D eigenvalue weighted by Crippen LogP contribution is -2.54. The minimum Gasteiger partial charge on any atom is -0.491 e. The first-order valence-corrected chi connectivity index (χ1v) is 18.9. The van der Waals surface area contributed by atoms with Gasteiger partial charge in [0.1, 0.15) is 29.9 Å². The lowest BCUT2D eigenvalue weighted by atomic mass is 9.65. The summed E-state index contributed by atoms with van der Waals surface area (Å²) in [6.45, 7) is 3.92. The van der Waals surface area contributed by atoms with Crippen molar-refractivity contribution in [3.63, 3.8) is 0 Å². The zero-order valence-electron chi connectivity index (χ0n) is 30.4. The second kappa shape index (κ2) is 15.4. The first-order chi connectivity index (χ1) is 26.9. The fraction of sp³-hybridized carbons (Fsp3) is 0.283. The molecule has 4 aliphatic rings. The summed E-state index contributed by atoms with van der Waals surface area (Å²) in [6.07, 6.45) is 7.18. The monoisotopic (exact) mass is 733 g/mol. The average Bonchev–Trinajstić information content (AvgIpc) is 3.71. The van der Waals surface area contributed by atoms with Crippen LogP contribution in [0.3, 0.4) is 0 Å². The van der Waals surface area contributed by atoms with Crippen LogP contribution in [-0.4, -0.2) is 53.6 Å². The predicted molar refractivity (Wildman–Crippen MR) is 209 cm³/mol. The number of carbonyl (C=O) groups excluding carboxylic acids is 3. The fourth-order valence-corrected chi connectivity index (χ4v) is 8.97. The first-order valence-electron chi connectivity index (χ1n) is 18.9. The Kier molecular flexibility index (Phi) is 10.1. The topological polar surface area (TPSA) is 117 Å². The maximum absolute atomic E-state index is 15.2. The van der Waals surface area contributed by atoms with Crippen LogP contribution >= 0.6 is 0 Å². The fourth-order valence-electron chi connectivity index (χ4n) is 8.97. The molecule has 0 bridgehead atoms. The highest BCUT2D eigenvalue weighted by Crippen LogP contribution is 2.64. The standard InChI is InChI=1S/C46H43N3O6/c1-2-26-47-43(51)38-40-44(52)55-41(33-16-10-5-11-17-33)39(32-14-8-4-9-15-32)49(40)42(34-21-23-35(24-22-34)54-28-27-50)46(38)36-29-31(20-25-37(36)48-45(46)53)19-18-30-12-6-3-7-13-30/h2,4-5,8-12,14-17,20-25,29,38-42,50H,1,3,6-7,13,26-28H2,(H,47,51)(H,48,53). The normalized spacial score (nSPS) is 25.4. The molecule has 1 aliphatic carbocycles. The molecular formula is C46H43N3O6. The van der Waals surface area contributed by atoms with Crippen LogP contribution in [0.4, 0.5) is 5.69 Å². The highest BCUT2D eigenvalue weighted by Gasteiger charge is 2.74. The van der Waals surface area contributed by atoms with Gasteiger partial charge in [0.15, 0.2) is 0 Å². The number of fused-ring (bicyclic) bond motifs is 3. The summed E-state index contributed by atoms with van der Waals surface area (Å²) in [4.78, 5) is 46.9. The number of morpholine rings is 1. The number of benzene rings is 4. The third-order valence-electron chi connectivity index (χ3n) is 11.2. The molecule has 9 nitrogen and oxygen atoms in total. The Morgan fingerprint density at radius 2 is 1.69 bits per heavy atom. The number of ether oxygens (including phenoxy) is 2. The van der Waals surface area contributed by atoms with E-state index in [1.54, 1.807) is 18.2 Å². The molecule has 0 radical (unpaired) electrons. The van der Waals surface area contributed by atoms with Crippen molar-refractivity contribution in [2.75, 3.05) is 25.1 Å². The van der Waals surface area contributed by atoms with Gasteiger partial charge in [-0.15, -0.1) is 6.58 Å². The van der Waals surface area contributed by atoms with Crippen molar-refractivity contribution in [3.8, 4) is 17.6 Å². The van der Waals surface area contributed by atoms with E-state index in [1.165, 1.54) is 0 Å². The van der Waals surface area contributed by atoms with E-state index in [-0.39, 0.29) is 19.8 Å². The molecule has 0 saturated carbocycles. The van der Waals surface area contributed by atoms with Gasteiger partial charge in [-0.2, -0.15) is 0 Å². The van der Waals surface area contributed by atoms with Crippen LogP contribution in [0.5, 0.6) is 5.75 Å². The Morgan fingerprint density at radius 3 is 2.38 bits per heavy atom. The zero-order chi connectivity index (χ0) is 37.9. The van der Waals surface area contributed by atoms with Gasteiger partial charge >= 0.3 is 5.97 Å². The Hall–Kier alpha value is -5.95. The van der Waals surface area contributed by atoms with Crippen molar-refractivity contribution in [2.24, 2.45) is 5.92 Å². The van der Waals surface area contributed by atoms with Crippen LogP contribution in [0.1, 0.15) is 71.7 Å². The number of hydrogen-bond acceptors (Lipinski definition) is 7. The van der Waals surface area contributed by atoms with Crippen molar-refractivity contribution in [3.05, 3.63) is 155 Å². The number of nitrogens with zero attached hydrogens (tertiary/aromatic N) is 1. The molecule has 278 valence electrons. The number of aliphatic hydroxyl groups is 1. The number of nitrogens with one attached hydrogen (secondary N) is 2. The summed E-state index contributed by atoms with van der Waals surface area (Å²) in [7, 11) is 0. The minimum absolute atomic E-state index is 0.115. The highest BCUT2D eigenvalue weighted by atomic mass is 16.6. The maximum atomic E-state index is 15.2. The molecule has 9 heteroatoms. The lowest BCUT2D eigenvalue weighted by molar-refractivity contribution is -0.178. The molecule has 1 spiro atoms. The van der Waals surface area contributed by atoms with Crippen LogP contribution in [0, 0.1) is 17.8 Å². The Bertz CT molecular complexity index is 2190. The molecular weight excluding hydrogens is 691 g/mol. The summed E-state index contributed by atoms with van der Waals surface area (Å²) < 4.78 is 12.2. The number of hydrogen-bond donors (Lipinski definition) is 3. The Balaban J connectivity index is 1.40. The number of anilines is 1. The summed E-state index contributed by atoms with van der Waals surface area (Å²) >= 11 is 0. The van der Waals surface area contributed by atoms with Crippen LogP contribution in [0.15, 0.2) is 127 Å². The Morgan fingerprint density at radius 1 is 0.945 bits per heavy atom. The molecule has 6 atom stereocenters. The summed E-state index contributed by atoms with van der Waals surface area (Å²) in [5.41, 5.74) is 3.69. The molecule has 3 N–H and O–H groups in total. The molecule has 3 aliphatic heterocycles. The van der Waals surface area contributed by atoms with Crippen molar-refractivity contribution in [1.82, 2.24) is 10.2 Å². The number of esters is 1.